The molecule has 1 aliphatic heterocycles. The molecule has 0 radical (unpaired) electrons. The minimum absolute atomic E-state index is 0.325. The summed E-state index contributed by atoms with van der Waals surface area (Å²) in [6.45, 7) is 0.572. The lowest BCUT2D eigenvalue weighted by molar-refractivity contribution is -0.211. The number of benzene rings is 1. The van der Waals surface area contributed by atoms with Gasteiger partial charge in [0.2, 0.25) is 0 Å². The van der Waals surface area contributed by atoms with E-state index in [1.165, 1.54) is 0 Å². The van der Waals surface area contributed by atoms with Crippen molar-refractivity contribution in [2.24, 2.45) is 0 Å². The Hall–Kier alpha value is -1.19. The maximum absolute atomic E-state index is 10.6. The summed E-state index contributed by atoms with van der Waals surface area (Å²) >= 11 is 0. The van der Waals surface area contributed by atoms with Crippen LogP contribution in [-0.4, -0.2) is 19.0 Å². The van der Waals surface area contributed by atoms with E-state index in [0.717, 1.165) is 11.8 Å². The van der Waals surface area contributed by atoms with Crippen molar-refractivity contribution in [1.82, 2.24) is 0 Å². The van der Waals surface area contributed by atoms with Crippen molar-refractivity contribution >= 4 is 6.29 Å². The zero-order valence-electron chi connectivity index (χ0n) is 7.76. The summed E-state index contributed by atoms with van der Waals surface area (Å²) in [5.74, 6) is 0. The molecular weight excluding hydrogens is 180 g/mol. The third kappa shape index (κ3) is 2.00. The molecular formula is C11H12O3. The van der Waals surface area contributed by atoms with Crippen LogP contribution in [0.2, 0.25) is 0 Å². The first-order valence-electron chi connectivity index (χ1n) is 4.67. The second kappa shape index (κ2) is 4.35. The summed E-state index contributed by atoms with van der Waals surface area (Å²) in [6, 6.07) is 9.64. The minimum Gasteiger partial charge on any atom is -0.348 e. The van der Waals surface area contributed by atoms with Gasteiger partial charge in [-0.15, -0.1) is 0 Å². The number of aldehydes is 1. The quantitative estimate of drug-likeness (QED) is 0.669. The Morgan fingerprint density at radius 2 is 2.07 bits per heavy atom. The van der Waals surface area contributed by atoms with Gasteiger partial charge in [-0.1, -0.05) is 30.3 Å². The van der Waals surface area contributed by atoms with Gasteiger partial charge in [0, 0.05) is 12.0 Å². The number of hydrogen-bond donors (Lipinski definition) is 0. The highest BCUT2D eigenvalue weighted by Gasteiger charge is 2.23. The van der Waals surface area contributed by atoms with Gasteiger partial charge in [0.05, 0.1) is 6.61 Å². The van der Waals surface area contributed by atoms with E-state index in [-0.39, 0.29) is 12.4 Å². The third-order valence-electron chi connectivity index (χ3n) is 2.19. The highest BCUT2D eigenvalue weighted by atomic mass is 16.7. The molecule has 1 fully saturated rings. The fraction of sp³-hybridized carbons (Fsp3) is 0.364. The fourth-order valence-electron chi connectivity index (χ4n) is 1.44. The molecule has 1 aromatic rings. The van der Waals surface area contributed by atoms with Gasteiger partial charge in [-0.2, -0.15) is 0 Å². The Morgan fingerprint density at radius 1 is 1.29 bits per heavy atom. The molecule has 2 atom stereocenters. The highest BCUT2D eigenvalue weighted by molar-refractivity contribution is 5.56. The van der Waals surface area contributed by atoms with Crippen molar-refractivity contribution in [1.29, 1.82) is 0 Å². The molecule has 0 amide bonds. The Labute approximate surface area is 82.6 Å². The van der Waals surface area contributed by atoms with Crippen molar-refractivity contribution in [2.45, 2.75) is 18.8 Å². The zero-order chi connectivity index (χ0) is 9.80. The van der Waals surface area contributed by atoms with Gasteiger partial charge in [0.1, 0.15) is 12.4 Å². The predicted octanol–water partition coefficient (Wildman–Crippen LogP) is 1.69. The van der Waals surface area contributed by atoms with Gasteiger partial charge >= 0.3 is 0 Å². The van der Waals surface area contributed by atoms with Crippen molar-refractivity contribution in [2.75, 3.05) is 6.61 Å². The molecule has 1 aliphatic rings. The van der Waals surface area contributed by atoms with Crippen LogP contribution in [-0.2, 0) is 14.3 Å². The molecule has 1 heterocycles. The van der Waals surface area contributed by atoms with Crippen LogP contribution in [0.1, 0.15) is 18.3 Å². The smallest absolute Gasteiger partial charge is 0.184 e. The second-order valence-electron chi connectivity index (χ2n) is 3.21. The van der Waals surface area contributed by atoms with Crippen LogP contribution in [0, 0.1) is 0 Å². The van der Waals surface area contributed by atoms with E-state index < -0.39 is 0 Å². The lowest BCUT2D eigenvalue weighted by Gasteiger charge is -2.27. The molecule has 0 N–H and O–H groups in total. The second-order valence-corrected chi connectivity index (χ2v) is 3.21. The molecule has 1 aromatic carbocycles. The van der Waals surface area contributed by atoms with Crippen LogP contribution in [0.15, 0.2) is 30.3 Å². The first-order chi connectivity index (χ1) is 6.90. The lowest BCUT2D eigenvalue weighted by atomic mass is 10.2. The molecule has 0 aliphatic carbocycles. The molecule has 14 heavy (non-hydrogen) atoms. The summed E-state index contributed by atoms with van der Waals surface area (Å²) in [5, 5.41) is 0. The normalized spacial score (nSPS) is 27.1. The summed E-state index contributed by atoms with van der Waals surface area (Å²) < 4.78 is 10.8. The van der Waals surface area contributed by atoms with Crippen molar-refractivity contribution in [3.8, 4) is 0 Å². The van der Waals surface area contributed by atoms with E-state index >= 15 is 0 Å². The van der Waals surface area contributed by atoms with Gasteiger partial charge in [0.15, 0.2) is 6.29 Å². The molecule has 3 nitrogen and oxygen atoms in total. The molecule has 0 saturated carbocycles. The largest absolute Gasteiger partial charge is 0.348 e. The number of ether oxygens (including phenoxy) is 2. The minimum atomic E-state index is -0.389. The van der Waals surface area contributed by atoms with Gasteiger partial charge in [-0.25, -0.2) is 0 Å². The summed E-state index contributed by atoms with van der Waals surface area (Å²) in [6.07, 6.45) is 0.764. The third-order valence-corrected chi connectivity index (χ3v) is 2.19. The molecule has 74 valence electrons. The van der Waals surface area contributed by atoms with E-state index in [9.17, 15) is 4.79 Å². The number of hydrogen-bond acceptors (Lipinski definition) is 3. The molecule has 1 unspecified atom stereocenters. The van der Waals surface area contributed by atoms with Crippen molar-refractivity contribution in [3.63, 3.8) is 0 Å². The van der Waals surface area contributed by atoms with Gasteiger partial charge < -0.3 is 14.3 Å². The van der Waals surface area contributed by atoms with Gasteiger partial charge in [-0.05, 0) is 0 Å². The number of rotatable bonds is 2. The van der Waals surface area contributed by atoms with E-state index in [0.29, 0.717) is 13.0 Å². The van der Waals surface area contributed by atoms with E-state index in [4.69, 9.17) is 9.47 Å². The van der Waals surface area contributed by atoms with Crippen LogP contribution in [0.4, 0.5) is 0 Å². The van der Waals surface area contributed by atoms with E-state index in [2.05, 4.69) is 0 Å². The summed E-state index contributed by atoms with van der Waals surface area (Å²) in [5.41, 5.74) is 0.957. The summed E-state index contributed by atoms with van der Waals surface area (Å²) in [7, 11) is 0. The maximum atomic E-state index is 10.6. The molecule has 2 rings (SSSR count). The van der Waals surface area contributed by atoms with Crippen LogP contribution >= 0.6 is 0 Å². The number of carbonyl (C=O) groups excluding carboxylic acids is 1. The fourth-order valence-corrected chi connectivity index (χ4v) is 1.44. The first-order valence-corrected chi connectivity index (χ1v) is 4.67. The molecule has 0 aromatic heterocycles. The Bertz CT molecular complexity index is 297. The van der Waals surface area contributed by atoms with Gasteiger partial charge in [-0.3, -0.25) is 0 Å². The first kappa shape index (κ1) is 9.37. The van der Waals surface area contributed by atoms with Gasteiger partial charge in [0.25, 0.3) is 0 Å². The molecule has 0 bridgehead atoms. The average Bonchev–Trinajstić information content (AvgIpc) is 2.30. The lowest BCUT2D eigenvalue weighted by Crippen LogP contribution is -2.27. The van der Waals surface area contributed by atoms with Crippen LogP contribution < -0.4 is 0 Å². The Morgan fingerprint density at radius 3 is 2.79 bits per heavy atom. The van der Waals surface area contributed by atoms with Crippen LogP contribution in [0.25, 0.3) is 0 Å². The SMILES string of the molecule is O=C[C@H]1CCOC(c2ccccc2)O1. The average molecular weight is 192 g/mol. The molecule has 3 heteroatoms. The number of carbonyl (C=O) groups is 1. The van der Waals surface area contributed by atoms with E-state index in [1.807, 2.05) is 30.3 Å². The van der Waals surface area contributed by atoms with Crippen molar-refractivity contribution in [3.05, 3.63) is 35.9 Å². The standard InChI is InChI=1S/C11H12O3/c12-8-10-6-7-13-11(14-10)9-4-2-1-3-5-9/h1-5,8,10-11H,6-7H2/t10-,11?/m1/s1. The highest BCUT2D eigenvalue weighted by Crippen LogP contribution is 2.24. The van der Waals surface area contributed by atoms with Crippen molar-refractivity contribution < 1.29 is 14.3 Å². The zero-order valence-corrected chi connectivity index (χ0v) is 7.76. The Balaban J connectivity index is 2.08. The van der Waals surface area contributed by atoms with Crippen LogP contribution in [0.3, 0.4) is 0 Å². The maximum Gasteiger partial charge on any atom is 0.184 e. The monoisotopic (exact) mass is 192 g/mol. The van der Waals surface area contributed by atoms with E-state index in [1.54, 1.807) is 0 Å². The molecule has 0 spiro atoms. The Kier molecular flexibility index (Phi) is 2.91. The summed E-state index contributed by atoms with van der Waals surface area (Å²) in [4.78, 5) is 10.6. The molecule has 1 saturated heterocycles. The topological polar surface area (TPSA) is 35.5 Å². The van der Waals surface area contributed by atoms with Crippen LogP contribution in [0.5, 0.6) is 0 Å². The predicted molar refractivity (Wildman–Crippen MR) is 50.7 cm³/mol.